The van der Waals surface area contributed by atoms with Gasteiger partial charge in [-0.2, -0.15) is 0 Å². The van der Waals surface area contributed by atoms with Gasteiger partial charge in [-0.3, -0.25) is 9.59 Å². The highest BCUT2D eigenvalue weighted by atomic mass is 16.5. The Hall–Kier alpha value is -4.66. The summed E-state index contributed by atoms with van der Waals surface area (Å²) in [5, 5.41) is 0.786. The van der Waals surface area contributed by atoms with Crippen molar-refractivity contribution in [2.24, 2.45) is 0 Å². The third-order valence-corrected chi connectivity index (χ3v) is 6.24. The van der Waals surface area contributed by atoms with Gasteiger partial charge in [0, 0.05) is 27.7 Å². The van der Waals surface area contributed by atoms with E-state index in [0.717, 1.165) is 5.39 Å². The fourth-order valence-electron chi connectivity index (χ4n) is 4.36. The summed E-state index contributed by atoms with van der Waals surface area (Å²) in [7, 11) is 3.16. The number of nitrogens with one attached hydrogen (secondary N) is 1. The number of ether oxygens (including phenoxy) is 5. The monoisotopic (exact) mass is 546 g/mol. The third kappa shape index (κ3) is 6.14. The number of pyridine rings is 1. The highest BCUT2D eigenvalue weighted by Crippen LogP contribution is 2.40. The van der Waals surface area contributed by atoms with Crippen molar-refractivity contribution in [1.82, 2.24) is 4.98 Å². The van der Waals surface area contributed by atoms with Gasteiger partial charge in [-0.15, -0.1) is 0 Å². The van der Waals surface area contributed by atoms with Crippen molar-refractivity contribution in [2.45, 2.75) is 27.3 Å². The molecular formula is C31H34N2O7. The van der Waals surface area contributed by atoms with Gasteiger partial charge in [-0.25, -0.2) is 0 Å². The predicted octanol–water partition coefficient (Wildman–Crippen LogP) is 5.59. The zero-order valence-corrected chi connectivity index (χ0v) is 23.4. The van der Waals surface area contributed by atoms with Crippen LogP contribution in [0.3, 0.4) is 0 Å². The van der Waals surface area contributed by atoms with Crippen LogP contribution < -0.4 is 34.1 Å². The molecule has 0 aliphatic heterocycles. The topological polar surface area (TPSA) is 99.3 Å². The summed E-state index contributed by atoms with van der Waals surface area (Å²) in [6.45, 7) is 6.75. The highest BCUT2D eigenvalue weighted by Gasteiger charge is 2.24. The number of carbonyl (C=O) groups excluding carboxylic acids is 1. The van der Waals surface area contributed by atoms with E-state index in [2.05, 4.69) is 4.98 Å². The van der Waals surface area contributed by atoms with Crippen molar-refractivity contribution in [3.05, 3.63) is 82.1 Å². The Morgan fingerprint density at radius 1 is 0.775 bits per heavy atom. The van der Waals surface area contributed by atoms with Gasteiger partial charge in [0.15, 0.2) is 11.5 Å². The smallest absolute Gasteiger partial charge is 0.258 e. The first kappa shape index (κ1) is 28.4. The lowest BCUT2D eigenvalue weighted by Gasteiger charge is -2.24. The minimum absolute atomic E-state index is 0.00872. The zero-order chi connectivity index (χ0) is 28.6. The molecule has 3 aromatic carbocycles. The van der Waals surface area contributed by atoms with Crippen molar-refractivity contribution in [2.75, 3.05) is 38.9 Å². The van der Waals surface area contributed by atoms with Crippen molar-refractivity contribution in [3.63, 3.8) is 0 Å². The summed E-state index contributed by atoms with van der Waals surface area (Å²) in [5.41, 5.74) is 1.70. The molecule has 0 radical (unpaired) electrons. The minimum atomic E-state index is -0.347. The average Bonchev–Trinajstić information content (AvgIpc) is 2.97. The molecule has 0 aliphatic rings. The number of hydrogen-bond acceptors (Lipinski definition) is 7. The summed E-state index contributed by atoms with van der Waals surface area (Å²) in [4.78, 5) is 31.7. The van der Waals surface area contributed by atoms with Crippen LogP contribution in [-0.2, 0) is 6.54 Å². The molecule has 0 bridgehead atoms. The summed E-state index contributed by atoms with van der Waals surface area (Å²) < 4.78 is 28.1. The third-order valence-electron chi connectivity index (χ3n) is 6.24. The fourth-order valence-corrected chi connectivity index (χ4v) is 4.36. The molecule has 9 nitrogen and oxygen atoms in total. The number of carbonyl (C=O) groups is 1. The molecule has 1 heterocycles. The summed E-state index contributed by atoms with van der Waals surface area (Å²) >= 11 is 0. The van der Waals surface area contributed by atoms with Crippen molar-refractivity contribution >= 4 is 22.5 Å². The molecule has 9 heteroatoms. The van der Waals surface area contributed by atoms with Crippen LogP contribution in [0.1, 0.15) is 36.7 Å². The molecule has 40 heavy (non-hydrogen) atoms. The summed E-state index contributed by atoms with van der Waals surface area (Å²) in [5.74, 6) is 2.21. The number of hydrogen-bond donors (Lipinski definition) is 1. The first-order chi connectivity index (χ1) is 19.4. The Bertz CT molecular complexity index is 1500. The van der Waals surface area contributed by atoms with Crippen molar-refractivity contribution < 1.29 is 28.5 Å². The van der Waals surface area contributed by atoms with E-state index in [0.29, 0.717) is 70.9 Å². The molecule has 4 aromatic rings. The van der Waals surface area contributed by atoms with Gasteiger partial charge in [0.1, 0.15) is 11.5 Å². The van der Waals surface area contributed by atoms with Crippen LogP contribution >= 0.6 is 0 Å². The molecule has 1 amide bonds. The number of methoxy groups -OCH3 is 2. The van der Waals surface area contributed by atoms with Gasteiger partial charge in [0.25, 0.3) is 11.5 Å². The number of rotatable bonds is 12. The molecule has 1 N–H and O–H groups in total. The molecule has 210 valence electrons. The maximum Gasteiger partial charge on any atom is 0.258 e. The maximum atomic E-state index is 14.2. The van der Waals surface area contributed by atoms with Crippen molar-refractivity contribution in [3.8, 4) is 28.7 Å². The Morgan fingerprint density at radius 2 is 1.38 bits per heavy atom. The Kier molecular flexibility index (Phi) is 9.16. The molecule has 0 unspecified atom stereocenters. The van der Waals surface area contributed by atoms with E-state index in [1.165, 1.54) is 4.90 Å². The van der Waals surface area contributed by atoms with E-state index in [1.807, 2.05) is 26.8 Å². The van der Waals surface area contributed by atoms with E-state index in [9.17, 15) is 9.59 Å². The quantitative estimate of drug-likeness (QED) is 0.247. The van der Waals surface area contributed by atoms with Crippen LogP contribution in [0.4, 0.5) is 5.69 Å². The van der Waals surface area contributed by atoms with Crippen LogP contribution in [0.15, 0.2) is 65.5 Å². The molecule has 0 spiro atoms. The van der Waals surface area contributed by atoms with Crippen molar-refractivity contribution in [1.29, 1.82) is 0 Å². The van der Waals surface area contributed by atoms with Gasteiger partial charge in [-0.05, 0) is 81.4 Å². The second-order valence-electron chi connectivity index (χ2n) is 8.77. The van der Waals surface area contributed by atoms with Crippen LogP contribution in [0.5, 0.6) is 28.7 Å². The first-order valence-corrected chi connectivity index (χ1v) is 13.1. The SMILES string of the molecule is CCOc1cc(C(=O)N(Cc2cc3cc(OC)ccc3[nH]c2=O)c2ccc(OC)cc2)cc(OCC)c1OCC. The zero-order valence-electron chi connectivity index (χ0n) is 23.4. The van der Waals surface area contributed by atoms with Crippen LogP contribution in [0, 0.1) is 0 Å². The molecular weight excluding hydrogens is 512 g/mol. The van der Waals surface area contributed by atoms with E-state index >= 15 is 0 Å². The largest absolute Gasteiger partial charge is 0.497 e. The second-order valence-corrected chi connectivity index (χ2v) is 8.77. The van der Waals surface area contributed by atoms with Crippen LogP contribution in [0.2, 0.25) is 0 Å². The number of anilines is 1. The number of aromatic nitrogens is 1. The number of aromatic amines is 1. The van der Waals surface area contributed by atoms with E-state index < -0.39 is 0 Å². The van der Waals surface area contributed by atoms with Gasteiger partial charge in [0.05, 0.1) is 40.6 Å². The Labute approximate surface area is 233 Å². The second kappa shape index (κ2) is 12.9. The normalized spacial score (nSPS) is 10.7. The van der Waals surface area contributed by atoms with Gasteiger partial charge < -0.3 is 33.6 Å². The molecule has 0 saturated heterocycles. The number of benzene rings is 3. The lowest BCUT2D eigenvalue weighted by molar-refractivity contribution is 0.0984. The molecule has 0 fully saturated rings. The first-order valence-electron chi connectivity index (χ1n) is 13.1. The highest BCUT2D eigenvalue weighted by molar-refractivity contribution is 6.07. The van der Waals surface area contributed by atoms with Gasteiger partial charge in [0.2, 0.25) is 5.75 Å². The average molecular weight is 547 g/mol. The van der Waals surface area contributed by atoms with E-state index in [1.54, 1.807) is 68.8 Å². The molecule has 4 rings (SSSR count). The van der Waals surface area contributed by atoms with Crippen LogP contribution in [-0.4, -0.2) is 44.9 Å². The maximum absolute atomic E-state index is 14.2. The molecule has 1 aromatic heterocycles. The van der Waals surface area contributed by atoms with Crippen LogP contribution in [0.25, 0.3) is 10.9 Å². The van der Waals surface area contributed by atoms with Gasteiger partial charge >= 0.3 is 0 Å². The minimum Gasteiger partial charge on any atom is -0.497 e. The predicted molar refractivity (Wildman–Crippen MR) is 155 cm³/mol. The Balaban J connectivity index is 1.83. The number of nitrogens with zero attached hydrogens (tertiary/aromatic N) is 1. The number of fused-ring (bicyclic) bond motifs is 1. The lowest BCUT2D eigenvalue weighted by atomic mass is 10.1. The summed E-state index contributed by atoms with van der Waals surface area (Å²) in [6, 6.07) is 17.5. The molecule has 0 saturated carbocycles. The number of H-pyrrole nitrogens is 1. The molecule has 0 atom stereocenters. The van der Waals surface area contributed by atoms with E-state index in [4.69, 9.17) is 23.7 Å². The lowest BCUT2D eigenvalue weighted by Crippen LogP contribution is -2.33. The summed E-state index contributed by atoms with van der Waals surface area (Å²) in [6.07, 6.45) is 0. The van der Waals surface area contributed by atoms with Gasteiger partial charge in [-0.1, -0.05) is 0 Å². The number of amides is 1. The van der Waals surface area contributed by atoms with E-state index in [-0.39, 0.29) is 18.0 Å². The Morgan fingerprint density at radius 3 is 1.95 bits per heavy atom. The fraction of sp³-hybridized carbons (Fsp3) is 0.290. The standard InChI is InChI=1S/C31H34N2O7/c1-6-38-27-17-21(18-28(39-7-2)29(27)40-8-3)31(35)33(23-9-11-24(36-4)12-10-23)19-22-15-20-16-25(37-5)13-14-26(20)32-30(22)34/h9-18H,6-8,19H2,1-5H3,(H,32,34). The molecule has 0 aliphatic carbocycles.